The molecule has 0 aliphatic carbocycles. The summed E-state index contributed by atoms with van der Waals surface area (Å²) in [5.41, 5.74) is 5.47. The van der Waals surface area contributed by atoms with E-state index >= 15 is 0 Å². The summed E-state index contributed by atoms with van der Waals surface area (Å²) in [7, 11) is 0. The number of benzene rings is 4. The highest BCUT2D eigenvalue weighted by Crippen LogP contribution is 2.33. The number of rotatable bonds is 13. The third kappa shape index (κ3) is 8.61. The zero-order valence-corrected chi connectivity index (χ0v) is 24.6. The largest absolute Gasteiger partial charge is 0.230 e. The summed E-state index contributed by atoms with van der Waals surface area (Å²) in [6.07, 6.45) is 0.765. The van der Waals surface area contributed by atoms with Crippen LogP contribution in [0.25, 0.3) is 0 Å². The van der Waals surface area contributed by atoms with E-state index < -0.39 is 11.2 Å². The van der Waals surface area contributed by atoms with Crippen LogP contribution in [-0.4, -0.2) is 11.2 Å². The monoisotopic (exact) mass is 538 g/mol. The molecule has 2 atom stereocenters. The molecule has 0 aliphatic rings. The lowest BCUT2D eigenvalue weighted by atomic mass is 9.94. The van der Waals surface area contributed by atoms with E-state index in [2.05, 4.69) is 86.6 Å². The third-order valence-electron chi connectivity index (χ3n) is 6.96. The van der Waals surface area contributed by atoms with Crippen LogP contribution in [0.4, 0.5) is 0 Å². The van der Waals surface area contributed by atoms with Crippen LogP contribution in [0.3, 0.4) is 0 Å². The van der Waals surface area contributed by atoms with Crippen molar-refractivity contribution in [1.82, 2.24) is 0 Å². The lowest BCUT2D eigenvalue weighted by Gasteiger charge is -2.32. The predicted molar refractivity (Wildman–Crippen MR) is 161 cm³/mol. The van der Waals surface area contributed by atoms with E-state index in [9.17, 15) is 0 Å². The van der Waals surface area contributed by atoms with Crippen LogP contribution < -0.4 is 0 Å². The summed E-state index contributed by atoms with van der Waals surface area (Å²) in [6, 6.07) is 37.1. The van der Waals surface area contributed by atoms with Gasteiger partial charge in [-0.05, 0) is 76.6 Å². The Morgan fingerprint density at radius 1 is 0.475 bits per heavy atom. The van der Waals surface area contributed by atoms with Crippen molar-refractivity contribution in [2.45, 2.75) is 77.8 Å². The topological polar surface area (TPSA) is 36.9 Å². The molecule has 4 aromatic rings. The fourth-order valence-corrected chi connectivity index (χ4v) is 4.57. The van der Waals surface area contributed by atoms with Crippen molar-refractivity contribution in [3.63, 3.8) is 0 Å². The molecule has 0 amide bonds. The Labute approximate surface area is 239 Å². The molecule has 2 unspecified atom stereocenters. The van der Waals surface area contributed by atoms with Crippen LogP contribution in [0, 0.1) is 13.8 Å². The van der Waals surface area contributed by atoms with Crippen molar-refractivity contribution in [2.75, 3.05) is 0 Å². The lowest BCUT2D eigenvalue weighted by Crippen LogP contribution is -2.32. The van der Waals surface area contributed by atoms with Crippen molar-refractivity contribution in [1.29, 1.82) is 0 Å². The third-order valence-corrected chi connectivity index (χ3v) is 6.96. The minimum atomic E-state index is -0.549. The number of aryl methyl sites for hydroxylation is 2. The van der Waals surface area contributed by atoms with Gasteiger partial charge in [0.15, 0.2) is 0 Å². The van der Waals surface area contributed by atoms with Gasteiger partial charge in [-0.15, -0.1) is 0 Å². The SMILES string of the molecule is Cc1cccc(C(OOC(C)(C)CCC(C)(C)OOC(c2ccccc2)c2cccc(C)c2)c2ccccc2)c1. The molecule has 4 aromatic carbocycles. The Bertz CT molecular complexity index is 1230. The minimum absolute atomic E-state index is 0.325. The molecule has 0 fully saturated rings. The highest BCUT2D eigenvalue weighted by Gasteiger charge is 2.30. The summed E-state index contributed by atoms with van der Waals surface area (Å²) in [6.45, 7) is 12.3. The molecule has 0 radical (unpaired) electrons. The normalized spacial score (nSPS) is 13.7. The van der Waals surface area contributed by atoms with E-state index in [4.69, 9.17) is 19.6 Å². The van der Waals surface area contributed by atoms with Crippen molar-refractivity contribution in [3.05, 3.63) is 143 Å². The molecule has 4 heteroatoms. The van der Waals surface area contributed by atoms with Crippen molar-refractivity contribution >= 4 is 0 Å². The summed E-state index contributed by atoms with van der Waals surface area (Å²) < 4.78 is 0. The molecule has 0 spiro atoms. The van der Waals surface area contributed by atoms with Crippen LogP contribution >= 0.6 is 0 Å². The van der Waals surface area contributed by atoms with E-state index in [1.54, 1.807) is 0 Å². The molecule has 40 heavy (non-hydrogen) atoms. The van der Waals surface area contributed by atoms with Gasteiger partial charge in [0.05, 0.1) is 11.2 Å². The quantitative estimate of drug-likeness (QED) is 0.125. The second-order valence-corrected chi connectivity index (χ2v) is 11.8. The molecule has 0 heterocycles. The summed E-state index contributed by atoms with van der Waals surface area (Å²) in [5.74, 6) is 0. The minimum Gasteiger partial charge on any atom is -0.230 e. The Morgan fingerprint density at radius 3 is 1.18 bits per heavy atom. The van der Waals surface area contributed by atoms with Gasteiger partial charge in [-0.25, -0.2) is 19.6 Å². The van der Waals surface area contributed by atoms with Crippen LogP contribution in [-0.2, 0) is 19.6 Å². The predicted octanol–water partition coefficient (Wildman–Crippen LogP) is 9.42. The maximum atomic E-state index is 6.15. The van der Waals surface area contributed by atoms with Gasteiger partial charge in [0.2, 0.25) is 0 Å². The summed E-state index contributed by atoms with van der Waals surface area (Å²) in [4.78, 5) is 24.5. The first kappa shape index (κ1) is 29.7. The Kier molecular flexibility index (Phi) is 9.94. The van der Waals surface area contributed by atoms with E-state index in [-0.39, 0.29) is 12.2 Å². The smallest absolute Gasteiger partial charge is 0.143 e. The maximum absolute atomic E-state index is 6.15. The van der Waals surface area contributed by atoms with Crippen molar-refractivity contribution < 1.29 is 19.6 Å². The Morgan fingerprint density at radius 2 is 0.825 bits per heavy atom. The van der Waals surface area contributed by atoms with E-state index in [1.165, 1.54) is 11.1 Å². The van der Waals surface area contributed by atoms with Gasteiger partial charge >= 0.3 is 0 Å². The van der Waals surface area contributed by atoms with Crippen molar-refractivity contribution in [2.24, 2.45) is 0 Å². The van der Waals surface area contributed by atoms with Crippen LogP contribution in [0.15, 0.2) is 109 Å². The van der Waals surface area contributed by atoms with Gasteiger partial charge in [0.25, 0.3) is 0 Å². The molecule has 210 valence electrons. The first-order valence-electron chi connectivity index (χ1n) is 14.0. The second kappa shape index (κ2) is 13.4. The number of hydrogen-bond acceptors (Lipinski definition) is 4. The van der Waals surface area contributed by atoms with Crippen LogP contribution in [0.1, 0.15) is 86.1 Å². The van der Waals surface area contributed by atoms with E-state index in [0.717, 1.165) is 22.3 Å². The molecule has 0 saturated heterocycles. The number of hydrogen-bond donors (Lipinski definition) is 0. The van der Waals surface area contributed by atoms with Crippen LogP contribution in [0.2, 0.25) is 0 Å². The standard InChI is InChI=1S/C36H42O4/c1-27-15-13-21-31(25-27)33(29-17-9-7-10-18-29)37-39-35(3,4)23-24-36(5,6)40-38-34(30-19-11-8-12-20-30)32-22-14-16-28(2)26-32/h7-22,25-26,33-34H,23-24H2,1-6H3. The zero-order chi connectivity index (χ0) is 28.6. The van der Waals surface area contributed by atoms with Crippen LogP contribution in [0.5, 0.6) is 0 Å². The molecule has 0 bridgehead atoms. The van der Waals surface area contributed by atoms with Gasteiger partial charge in [0.1, 0.15) is 12.2 Å². The Balaban J connectivity index is 1.39. The molecule has 0 N–H and O–H groups in total. The maximum Gasteiger partial charge on any atom is 0.143 e. The first-order chi connectivity index (χ1) is 19.1. The average molecular weight is 539 g/mol. The fraction of sp³-hybridized carbons (Fsp3) is 0.333. The summed E-state index contributed by atoms with van der Waals surface area (Å²) >= 11 is 0. The van der Waals surface area contributed by atoms with Gasteiger partial charge in [0, 0.05) is 0 Å². The van der Waals surface area contributed by atoms with Crippen molar-refractivity contribution in [3.8, 4) is 0 Å². The van der Waals surface area contributed by atoms with E-state index in [1.807, 2.05) is 64.1 Å². The highest BCUT2D eigenvalue weighted by atomic mass is 17.2. The average Bonchev–Trinajstić information content (AvgIpc) is 2.94. The molecular weight excluding hydrogens is 496 g/mol. The molecule has 4 rings (SSSR count). The van der Waals surface area contributed by atoms with E-state index in [0.29, 0.717) is 12.8 Å². The lowest BCUT2D eigenvalue weighted by molar-refractivity contribution is -0.387. The molecule has 4 nitrogen and oxygen atoms in total. The fourth-order valence-electron chi connectivity index (χ4n) is 4.57. The first-order valence-corrected chi connectivity index (χ1v) is 14.0. The van der Waals surface area contributed by atoms with Gasteiger partial charge in [-0.1, -0.05) is 120 Å². The van der Waals surface area contributed by atoms with Gasteiger partial charge in [-0.2, -0.15) is 0 Å². The van der Waals surface area contributed by atoms with Gasteiger partial charge < -0.3 is 0 Å². The highest BCUT2D eigenvalue weighted by molar-refractivity contribution is 5.33. The zero-order valence-electron chi connectivity index (χ0n) is 24.6. The Hall–Kier alpha value is -3.28. The molecular formula is C36H42O4. The second-order valence-electron chi connectivity index (χ2n) is 11.8. The molecule has 0 aromatic heterocycles. The molecule has 0 aliphatic heterocycles. The molecule has 0 saturated carbocycles. The van der Waals surface area contributed by atoms with Gasteiger partial charge in [-0.3, -0.25) is 0 Å². The summed E-state index contributed by atoms with van der Waals surface area (Å²) in [5, 5.41) is 0.